The minimum absolute atomic E-state index is 0.100. The maximum absolute atomic E-state index is 13.0. The molecule has 0 saturated carbocycles. The van der Waals surface area contributed by atoms with Crippen molar-refractivity contribution in [3.63, 3.8) is 0 Å². The van der Waals surface area contributed by atoms with Crippen LogP contribution in [0.2, 0.25) is 5.02 Å². The van der Waals surface area contributed by atoms with Gasteiger partial charge in [-0.2, -0.15) is 13.2 Å². The molecule has 28 heavy (non-hydrogen) atoms. The maximum atomic E-state index is 13.0. The lowest BCUT2D eigenvalue weighted by Gasteiger charge is -2.13. The molecule has 0 spiro atoms. The van der Waals surface area contributed by atoms with Gasteiger partial charge in [-0.25, -0.2) is 8.42 Å². The number of benzene rings is 2. The van der Waals surface area contributed by atoms with Crippen molar-refractivity contribution in [2.75, 3.05) is 4.72 Å². The van der Waals surface area contributed by atoms with Crippen LogP contribution in [-0.2, 0) is 16.2 Å². The van der Waals surface area contributed by atoms with E-state index in [1.54, 1.807) is 4.57 Å². The SMILES string of the molecule is CC(C)n1c(=O)sc2cc(S(=O)(=O)Nc3ccc(Cl)c(C(F)(F)F)c3)ccc21. The van der Waals surface area contributed by atoms with Crippen molar-refractivity contribution in [3.05, 3.63) is 56.7 Å². The van der Waals surface area contributed by atoms with Crippen molar-refractivity contribution < 1.29 is 21.6 Å². The van der Waals surface area contributed by atoms with Gasteiger partial charge in [0.1, 0.15) is 0 Å². The summed E-state index contributed by atoms with van der Waals surface area (Å²) in [6.45, 7) is 3.66. The molecule has 11 heteroatoms. The summed E-state index contributed by atoms with van der Waals surface area (Å²) in [6, 6.07) is 6.77. The Balaban J connectivity index is 2.01. The van der Waals surface area contributed by atoms with Gasteiger partial charge in [-0.05, 0) is 50.2 Å². The van der Waals surface area contributed by atoms with Gasteiger partial charge in [0, 0.05) is 11.7 Å². The molecule has 5 nitrogen and oxygen atoms in total. The molecule has 150 valence electrons. The molecule has 0 aliphatic rings. The highest BCUT2D eigenvalue weighted by Gasteiger charge is 2.33. The first-order valence-corrected chi connectivity index (χ1v) is 10.6. The summed E-state index contributed by atoms with van der Waals surface area (Å²) in [5.74, 6) is 0. The number of rotatable bonds is 4. The van der Waals surface area contributed by atoms with E-state index in [4.69, 9.17) is 11.6 Å². The number of fused-ring (bicyclic) bond motifs is 1. The molecule has 0 fully saturated rings. The van der Waals surface area contributed by atoms with Crippen LogP contribution in [0.5, 0.6) is 0 Å². The van der Waals surface area contributed by atoms with Gasteiger partial charge < -0.3 is 0 Å². The Morgan fingerprint density at radius 2 is 1.82 bits per heavy atom. The lowest BCUT2D eigenvalue weighted by Crippen LogP contribution is -2.15. The van der Waals surface area contributed by atoms with E-state index in [0.717, 1.165) is 23.5 Å². The van der Waals surface area contributed by atoms with E-state index >= 15 is 0 Å². The van der Waals surface area contributed by atoms with E-state index in [0.29, 0.717) is 16.3 Å². The fourth-order valence-electron chi connectivity index (χ4n) is 2.69. The second-order valence-electron chi connectivity index (χ2n) is 6.26. The Bertz CT molecular complexity index is 1210. The molecular weight excluding hydrogens is 437 g/mol. The van der Waals surface area contributed by atoms with Crippen molar-refractivity contribution in [3.8, 4) is 0 Å². The van der Waals surface area contributed by atoms with Crippen LogP contribution in [-0.4, -0.2) is 13.0 Å². The first-order valence-electron chi connectivity index (χ1n) is 7.95. The average molecular weight is 451 g/mol. The Kier molecular flexibility index (Phi) is 5.24. The molecule has 3 aromatic rings. The average Bonchev–Trinajstić information content (AvgIpc) is 2.90. The van der Waals surface area contributed by atoms with Gasteiger partial charge in [0.15, 0.2) is 0 Å². The number of hydrogen-bond acceptors (Lipinski definition) is 4. The van der Waals surface area contributed by atoms with Crippen molar-refractivity contribution in [2.45, 2.75) is 31.0 Å². The summed E-state index contributed by atoms with van der Waals surface area (Å²) in [5.41, 5.74) is -0.823. The number of nitrogens with zero attached hydrogens (tertiary/aromatic N) is 1. The third-order valence-electron chi connectivity index (χ3n) is 3.94. The van der Waals surface area contributed by atoms with E-state index in [9.17, 15) is 26.4 Å². The van der Waals surface area contributed by atoms with Crippen LogP contribution in [0.25, 0.3) is 10.2 Å². The molecule has 3 rings (SSSR count). The molecule has 0 aliphatic heterocycles. The molecular formula is C17H14ClF3N2O3S2. The quantitative estimate of drug-likeness (QED) is 0.600. The lowest BCUT2D eigenvalue weighted by molar-refractivity contribution is -0.137. The molecule has 0 atom stereocenters. The van der Waals surface area contributed by atoms with Crippen molar-refractivity contribution in [1.82, 2.24) is 4.57 Å². The fourth-order valence-corrected chi connectivity index (χ4v) is 5.12. The topological polar surface area (TPSA) is 68.2 Å². The molecule has 0 radical (unpaired) electrons. The van der Waals surface area contributed by atoms with Crippen LogP contribution in [0.3, 0.4) is 0 Å². The summed E-state index contributed by atoms with van der Waals surface area (Å²) in [6.07, 6.45) is -4.72. The summed E-state index contributed by atoms with van der Waals surface area (Å²) >= 11 is 6.45. The minimum Gasteiger partial charge on any atom is -0.296 e. The van der Waals surface area contributed by atoms with Crippen LogP contribution in [0.4, 0.5) is 18.9 Å². The highest BCUT2D eigenvalue weighted by Crippen LogP contribution is 2.36. The summed E-state index contributed by atoms with van der Waals surface area (Å²) in [7, 11) is -4.17. The van der Waals surface area contributed by atoms with Gasteiger partial charge in [-0.15, -0.1) is 0 Å². The molecule has 0 unspecified atom stereocenters. The molecule has 0 aliphatic carbocycles. The highest BCUT2D eigenvalue weighted by atomic mass is 35.5. The smallest absolute Gasteiger partial charge is 0.296 e. The van der Waals surface area contributed by atoms with E-state index < -0.39 is 26.8 Å². The summed E-state index contributed by atoms with van der Waals surface area (Å²) < 4.78 is 68.3. The van der Waals surface area contributed by atoms with Gasteiger partial charge >= 0.3 is 11.0 Å². The third kappa shape index (κ3) is 3.89. The predicted molar refractivity (Wildman–Crippen MR) is 104 cm³/mol. The van der Waals surface area contributed by atoms with E-state index in [-0.39, 0.29) is 21.5 Å². The molecule has 0 amide bonds. The zero-order valence-corrected chi connectivity index (χ0v) is 16.9. The zero-order valence-electron chi connectivity index (χ0n) is 14.5. The van der Waals surface area contributed by atoms with Gasteiger partial charge in [0.2, 0.25) is 0 Å². The molecule has 0 saturated heterocycles. The van der Waals surface area contributed by atoms with E-state index in [1.165, 1.54) is 18.2 Å². The van der Waals surface area contributed by atoms with Crippen molar-refractivity contribution >= 4 is 48.9 Å². The van der Waals surface area contributed by atoms with Crippen LogP contribution in [0.15, 0.2) is 46.1 Å². The minimum atomic E-state index is -4.72. The Morgan fingerprint density at radius 3 is 2.43 bits per heavy atom. The highest BCUT2D eigenvalue weighted by molar-refractivity contribution is 7.92. The first kappa shape index (κ1) is 20.7. The predicted octanol–water partition coefficient (Wildman–Crippen LogP) is 5.12. The molecule has 2 aromatic carbocycles. The Hall–Kier alpha value is -2.04. The number of anilines is 1. The number of aromatic nitrogens is 1. The molecule has 1 heterocycles. The van der Waals surface area contributed by atoms with E-state index in [2.05, 4.69) is 4.72 Å². The largest absolute Gasteiger partial charge is 0.417 e. The van der Waals surface area contributed by atoms with Crippen LogP contribution >= 0.6 is 22.9 Å². The number of thiazole rings is 1. The standard InChI is InChI=1S/C17H14ClF3N2O3S2/c1-9(2)23-14-6-4-11(8-15(14)27-16(23)24)28(25,26)22-10-3-5-13(18)12(7-10)17(19,20)21/h3-9,22H,1-2H3. The van der Waals surface area contributed by atoms with Crippen molar-refractivity contribution in [2.24, 2.45) is 0 Å². The van der Waals surface area contributed by atoms with Crippen LogP contribution in [0.1, 0.15) is 25.5 Å². The number of hydrogen-bond donors (Lipinski definition) is 1. The Labute approximate surface area is 167 Å². The van der Waals surface area contributed by atoms with Crippen LogP contribution < -0.4 is 9.60 Å². The zero-order chi connectivity index (χ0) is 20.9. The summed E-state index contributed by atoms with van der Waals surface area (Å²) in [4.78, 5) is 11.7. The normalized spacial score (nSPS) is 12.7. The van der Waals surface area contributed by atoms with E-state index in [1.807, 2.05) is 13.8 Å². The van der Waals surface area contributed by atoms with Crippen LogP contribution in [0, 0.1) is 0 Å². The van der Waals surface area contributed by atoms with Gasteiger partial charge in [0.05, 0.1) is 25.7 Å². The molecule has 1 aromatic heterocycles. The molecule has 1 N–H and O–H groups in total. The lowest BCUT2D eigenvalue weighted by atomic mass is 10.2. The second-order valence-corrected chi connectivity index (χ2v) is 9.34. The second kappa shape index (κ2) is 7.09. The van der Waals surface area contributed by atoms with Gasteiger partial charge in [0.25, 0.3) is 10.0 Å². The van der Waals surface area contributed by atoms with Crippen molar-refractivity contribution in [1.29, 1.82) is 0 Å². The maximum Gasteiger partial charge on any atom is 0.417 e. The third-order valence-corrected chi connectivity index (χ3v) is 6.56. The number of halogens is 4. The fraction of sp³-hybridized carbons (Fsp3) is 0.235. The number of alkyl halides is 3. The molecule has 0 bridgehead atoms. The first-order chi connectivity index (χ1) is 12.9. The van der Waals surface area contributed by atoms with Gasteiger partial charge in [-0.1, -0.05) is 22.9 Å². The monoisotopic (exact) mass is 450 g/mol. The number of sulfonamides is 1. The number of nitrogens with one attached hydrogen (secondary N) is 1. The summed E-state index contributed by atoms with van der Waals surface area (Å²) in [5, 5.41) is -0.531. The van der Waals surface area contributed by atoms with Gasteiger partial charge in [-0.3, -0.25) is 14.1 Å². The Morgan fingerprint density at radius 1 is 1.14 bits per heavy atom.